The van der Waals surface area contributed by atoms with Crippen molar-refractivity contribution in [1.29, 1.82) is 10.5 Å². The second-order valence-corrected chi connectivity index (χ2v) is 8.36. The van der Waals surface area contributed by atoms with Crippen molar-refractivity contribution in [2.45, 2.75) is 25.9 Å². The summed E-state index contributed by atoms with van der Waals surface area (Å²) in [5.74, 6) is -0.433. The molecule has 1 fully saturated rings. The number of piperazine rings is 1. The molecule has 1 aromatic carbocycles. The molecule has 0 bridgehead atoms. The van der Waals surface area contributed by atoms with Crippen LogP contribution >= 0.6 is 0 Å². The molecule has 180 valence electrons. The SMILES string of the molecule is C[C@H]1CN(Cc2ccc(OC(F)(F)F)cc2C#N)CCN1c1cc(=O)n(C)c2ccc(C#N)nc12. The Morgan fingerprint density at radius 2 is 1.91 bits per heavy atom. The molecule has 0 aliphatic carbocycles. The normalized spacial score (nSPS) is 16.7. The van der Waals surface area contributed by atoms with E-state index in [0.29, 0.717) is 48.5 Å². The molecule has 0 amide bonds. The first-order chi connectivity index (χ1) is 16.6. The summed E-state index contributed by atoms with van der Waals surface area (Å²) in [4.78, 5) is 21.2. The van der Waals surface area contributed by atoms with E-state index in [9.17, 15) is 28.5 Å². The summed E-state index contributed by atoms with van der Waals surface area (Å²) in [6, 6.07) is 12.5. The molecule has 11 heteroatoms. The number of ether oxygens (including phenoxy) is 1. The molecule has 0 unspecified atom stereocenters. The van der Waals surface area contributed by atoms with Crippen molar-refractivity contribution >= 4 is 16.7 Å². The molecule has 35 heavy (non-hydrogen) atoms. The predicted molar refractivity (Wildman–Crippen MR) is 122 cm³/mol. The van der Waals surface area contributed by atoms with Gasteiger partial charge >= 0.3 is 6.36 Å². The first-order valence-corrected chi connectivity index (χ1v) is 10.8. The van der Waals surface area contributed by atoms with Gasteiger partial charge in [-0.3, -0.25) is 9.69 Å². The fraction of sp³-hybridized carbons (Fsp3) is 0.333. The number of aryl methyl sites for hydroxylation is 1. The number of anilines is 1. The van der Waals surface area contributed by atoms with Crippen LogP contribution in [0.3, 0.4) is 0 Å². The van der Waals surface area contributed by atoms with Gasteiger partial charge in [0.15, 0.2) is 0 Å². The van der Waals surface area contributed by atoms with E-state index in [1.807, 2.05) is 19.1 Å². The Labute approximate surface area is 199 Å². The second-order valence-electron chi connectivity index (χ2n) is 8.36. The zero-order chi connectivity index (χ0) is 25.3. The van der Waals surface area contributed by atoms with Crippen LogP contribution in [-0.4, -0.2) is 46.5 Å². The highest BCUT2D eigenvalue weighted by Gasteiger charge is 2.31. The number of nitriles is 2. The topological polar surface area (TPSA) is 98.2 Å². The monoisotopic (exact) mass is 482 g/mol. The lowest BCUT2D eigenvalue weighted by Crippen LogP contribution is -2.52. The van der Waals surface area contributed by atoms with Crippen LogP contribution in [0.15, 0.2) is 41.2 Å². The third-order valence-electron chi connectivity index (χ3n) is 6.03. The van der Waals surface area contributed by atoms with Crippen molar-refractivity contribution in [3.63, 3.8) is 0 Å². The van der Waals surface area contributed by atoms with Crippen LogP contribution in [0.4, 0.5) is 18.9 Å². The minimum absolute atomic E-state index is 0.0371. The van der Waals surface area contributed by atoms with Gasteiger partial charge in [-0.2, -0.15) is 10.5 Å². The fourth-order valence-corrected chi connectivity index (χ4v) is 4.36. The number of fused-ring (bicyclic) bond motifs is 1. The number of nitrogens with zero attached hydrogens (tertiary/aromatic N) is 6. The summed E-state index contributed by atoms with van der Waals surface area (Å²) in [7, 11) is 1.65. The molecule has 1 aliphatic heterocycles. The van der Waals surface area contributed by atoms with Gasteiger partial charge in [0.05, 0.1) is 22.8 Å². The number of pyridine rings is 2. The van der Waals surface area contributed by atoms with Gasteiger partial charge in [-0.1, -0.05) is 6.07 Å². The standard InChI is InChI=1S/C24H21F3N6O2/c1-15-13-32(14-16-3-5-19(9-17(16)11-28)35-24(25,26)27)7-8-33(15)21-10-22(34)31(2)20-6-4-18(12-29)30-23(20)21/h3-6,9-10,15H,7-8,13-14H2,1-2H3/t15-/m0/s1. The molecule has 1 aliphatic rings. The second kappa shape index (κ2) is 9.28. The van der Waals surface area contributed by atoms with E-state index in [4.69, 9.17) is 0 Å². The average Bonchev–Trinajstić information content (AvgIpc) is 2.81. The summed E-state index contributed by atoms with van der Waals surface area (Å²) < 4.78 is 42.9. The molecule has 1 saturated heterocycles. The van der Waals surface area contributed by atoms with E-state index >= 15 is 0 Å². The maximum absolute atomic E-state index is 12.6. The van der Waals surface area contributed by atoms with E-state index in [1.54, 1.807) is 19.2 Å². The Morgan fingerprint density at radius 3 is 2.57 bits per heavy atom. The molecule has 8 nitrogen and oxygen atoms in total. The summed E-state index contributed by atoms with van der Waals surface area (Å²) in [6.45, 7) is 4.10. The Bertz CT molecular complexity index is 1420. The smallest absolute Gasteiger partial charge is 0.406 e. The third kappa shape index (κ3) is 5.05. The van der Waals surface area contributed by atoms with E-state index in [1.165, 1.54) is 22.8 Å². The molecule has 4 rings (SSSR count). The minimum atomic E-state index is -4.83. The van der Waals surface area contributed by atoms with Crippen molar-refractivity contribution < 1.29 is 17.9 Å². The first-order valence-electron chi connectivity index (χ1n) is 10.8. The number of benzene rings is 1. The average molecular weight is 482 g/mol. The summed E-state index contributed by atoms with van der Waals surface area (Å²) >= 11 is 0. The number of aromatic nitrogens is 2. The van der Waals surface area contributed by atoms with Crippen LogP contribution in [0.5, 0.6) is 5.75 Å². The van der Waals surface area contributed by atoms with Gasteiger partial charge in [0.1, 0.15) is 23.0 Å². The van der Waals surface area contributed by atoms with Crippen LogP contribution in [0.2, 0.25) is 0 Å². The fourth-order valence-electron chi connectivity index (χ4n) is 4.36. The molecular formula is C24H21F3N6O2. The Kier molecular flexibility index (Phi) is 6.37. The van der Waals surface area contributed by atoms with Gasteiger partial charge in [-0.15, -0.1) is 13.2 Å². The van der Waals surface area contributed by atoms with Crippen molar-refractivity contribution in [2.24, 2.45) is 7.05 Å². The van der Waals surface area contributed by atoms with Crippen LogP contribution < -0.4 is 15.2 Å². The highest BCUT2D eigenvalue weighted by molar-refractivity contribution is 5.88. The predicted octanol–water partition coefficient (Wildman–Crippen LogP) is 3.29. The van der Waals surface area contributed by atoms with E-state index in [-0.39, 0.29) is 22.9 Å². The van der Waals surface area contributed by atoms with Gasteiger partial charge in [-0.25, -0.2) is 4.98 Å². The summed E-state index contributed by atoms with van der Waals surface area (Å²) in [5, 5.41) is 18.7. The van der Waals surface area contributed by atoms with Crippen molar-refractivity contribution in [3.8, 4) is 17.9 Å². The van der Waals surface area contributed by atoms with Crippen LogP contribution in [-0.2, 0) is 13.6 Å². The summed E-state index contributed by atoms with van der Waals surface area (Å²) in [6.07, 6.45) is -4.83. The van der Waals surface area contributed by atoms with Gasteiger partial charge in [0.25, 0.3) is 5.56 Å². The molecule has 0 N–H and O–H groups in total. The molecule has 0 saturated carbocycles. The van der Waals surface area contributed by atoms with Crippen molar-refractivity contribution in [2.75, 3.05) is 24.5 Å². The highest BCUT2D eigenvalue weighted by Crippen LogP contribution is 2.29. The van der Waals surface area contributed by atoms with Crippen molar-refractivity contribution in [1.82, 2.24) is 14.5 Å². The van der Waals surface area contributed by atoms with Crippen LogP contribution in [0.1, 0.15) is 23.7 Å². The Morgan fingerprint density at radius 1 is 1.14 bits per heavy atom. The van der Waals surface area contributed by atoms with E-state index in [0.717, 1.165) is 6.07 Å². The van der Waals surface area contributed by atoms with E-state index < -0.39 is 12.1 Å². The van der Waals surface area contributed by atoms with Crippen molar-refractivity contribution in [3.05, 3.63) is 63.6 Å². The zero-order valence-corrected chi connectivity index (χ0v) is 19.0. The minimum Gasteiger partial charge on any atom is -0.406 e. The number of hydrogen-bond acceptors (Lipinski definition) is 7. The van der Waals surface area contributed by atoms with Gasteiger partial charge in [0.2, 0.25) is 0 Å². The highest BCUT2D eigenvalue weighted by atomic mass is 19.4. The first kappa shape index (κ1) is 24.0. The quantitative estimate of drug-likeness (QED) is 0.563. The molecule has 0 spiro atoms. The maximum Gasteiger partial charge on any atom is 0.573 e. The van der Waals surface area contributed by atoms with Crippen LogP contribution in [0, 0.1) is 22.7 Å². The largest absolute Gasteiger partial charge is 0.573 e. The number of hydrogen-bond donors (Lipinski definition) is 0. The molecule has 1 atom stereocenters. The van der Waals surface area contributed by atoms with Gasteiger partial charge < -0.3 is 14.2 Å². The lowest BCUT2D eigenvalue weighted by atomic mass is 10.1. The zero-order valence-electron chi connectivity index (χ0n) is 19.0. The maximum atomic E-state index is 12.6. The van der Waals surface area contributed by atoms with Gasteiger partial charge in [-0.05, 0) is 36.8 Å². The molecule has 3 heterocycles. The number of halogens is 3. The number of rotatable bonds is 4. The summed E-state index contributed by atoms with van der Waals surface area (Å²) in [5.41, 5.74) is 2.63. The Hall–Kier alpha value is -4.09. The lowest BCUT2D eigenvalue weighted by molar-refractivity contribution is -0.274. The van der Waals surface area contributed by atoms with Gasteiger partial charge in [0, 0.05) is 45.3 Å². The Balaban J connectivity index is 1.56. The van der Waals surface area contributed by atoms with E-state index in [2.05, 4.69) is 19.5 Å². The van der Waals surface area contributed by atoms with Crippen LogP contribution in [0.25, 0.3) is 11.0 Å². The molecular weight excluding hydrogens is 461 g/mol. The molecule has 0 radical (unpaired) electrons. The third-order valence-corrected chi connectivity index (χ3v) is 6.03. The lowest BCUT2D eigenvalue weighted by Gasteiger charge is -2.41. The molecule has 2 aromatic heterocycles. The molecule has 3 aromatic rings. The number of alkyl halides is 3.